The fourth-order valence-electron chi connectivity index (χ4n) is 2.23. The lowest BCUT2D eigenvalue weighted by molar-refractivity contribution is -0.173. The minimum absolute atomic E-state index is 0.0108. The summed E-state index contributed by atoms with van der Waals surface area (Å²) in [6.45, 7) is -1.57. The van der Waals surface area contributed by atoms with Gasteiger partial charge in [0.05, 0.1) is 12.5 Å². The number of carbonyl (C=O) groups excluding carboxylic acids is 1. The molecule has 0 bridgehead atoms. The molecule has 1 amide bonds. The third kappa shape index (κ3) is 6.23. The van der Waals surface area contributed by atoms with E-state index in [1.165, 1.54) is 0 Å². The summed E-state index contributed by atoms with van der Waals surface area (Å²) in [5.41, 5.74) is 0. The van der Waals surface area contributed by atoms with E-state index in [1.54, 1.807) is 0 Å². The van der Waals surface area contributed by atoms with Crippen LogP contribution >= 0.6 is 0 Å². The van der Waals surface area contributed by atoms with Gasteiger partial charge in [0.25, 0.3) is 0 Å². The van der Waals surface area contributed by atoms with Gasteiger partial charge in [0, 0.05) is 12.5 Å². The van der Waals surface area contributed by atoms with Gasteiger partial charge in [-0.15, -0.1) is 0 Å². The molecule has 0 aromatic rings. The van der Waals surface area contributed by atoms with Crippen LogP contribution in [0.5, 0.6) is 0 Å². The summed E-state index contributed by atoms with van der Waals surface area (Å²) in [6, 6.07) is 0. The van der Waals surface area contributed by atoms with E-state index in [-0.39, 0.29) is 31.4 Å². The van der Waals surface area contributed by atoms with Crippen LogP contribution in [-0.4, -0.2) is 42.9 Å². The van der Waals surface area contributed by atoms with Crippen molar-refractivity contribution in [1.82, 2.24) is 5.32 Å². The Hall–Kier alpha value is -1.31. The first-order chi connectivity index (χ1) is 9.29. The lowest BCUT2D eigenvalue weighted by atomic mass is 9.81. The lowest BCUT2D eigenvalue weighted by Crippen LogP contribution is -2.37. The molecule has 116 valence electrons. The number of halogens is 3. The molecular weight excluding hydrogens is 279 g/mol. The second-order valence-electron chi connectivity index (χ2n) is 4.86. The summed E-state index contributed by atoms with van der Waals surface area (Å²) in [5, 5.41) is 11.4. The molecule has 0 saturated heterocycles. The Morgan fingerprint density at radius 3 is 2.50 bits per heavy atom. The highest BCUT2D eigenvalue weighted by atomic mass is 19.4. The molecule has 0 radical (unpaired) electrons. The summed E-state index contributed by atoms with van der Waals surface area (Å²) in [6.07, 6.45) is -2.25. The summed E-state index contributed by atoms with van der Waals surface area (Å²) in [7, 11) is 0. The molecule has 5 nitrogen and oxygen atoms in total. The van der Waals surface area contributed by atoms with Crippen LogP contribution in [0.3, 0.4) is 0 Å². The Labute approximate surface area is 114 Å². The van der Waals surface area contributed by atoms with E-state index in [4.69, 9.17) is 5.11 Å². The van der Waals surface area contributed by atoms with E-state index in [9.17, 15) is 22.8 Å². The standard InChI is InChI=1S/C12H18F3NO4/c13-12(14,15)7-20-5-4-16-10(17)8-2-1-3-9(6-8)11(18)19/h8-9H,1-7H2,(H,16,17)(H,18,19)/t8-,9+/m1/s1. The highest BCUT2D eigenvalue weighted by molar-refractivity contribution is 5.80. The summed E-state index contributed by atoms with van der Waals surface area (Å²) in [4.78, 5) is 22.6. The number of carboxylic acids is 1. The van der Waals surface area contributed by atoms with E-state index in [2.05, 4.69) is 10.1 Å². The van der Waals surface area contributed by atoms with E-state index < -0.39 is 24.7 Å². The van der Waals surface area contributed by atoms with Crippen LogP contribution in [-0.2, 0) is 14.3 Å². The van der Waals surface area contributed by atoms with Crippen LogP contribution in [0, 0.1) is 11.8 Å². The van der Waals surface area contributed by atoms with Crippen molar-refractivity contribution in [2.45, 2.75) is 31.9 Å². The fraction of sp³-hybridized carbons (Fsp3) is 0.833. The highest BCUT2D eigenvalue weighted by Gasteiger charge is 2.31. The number of hydrogen-bond donors (Lipinski definition) is 2. The number of nitrogens with one attached hydrogen (secondary N) is 1. The Morgan fingerprint density at radius 2 is 1.90 bits per heavy atom. The van der Waals surface area contributed by atoms with Crippen molar-refractivity contribution in [3.63, 3.8) is 0 Å². The van der Waals surface area contributed by atoms with Crippen molar-refractivity contribution in [1.29, 1.82) is 0 Å². The van der Waals surface area contributed by atoms with Gasteiger partial charge in [-0.25, -0.2) is 0 Å². The number of carboxylic acid groups (broad SMARTS) is 1. The maximum absolute atomic E-state index is 11.8. The van der Waals surface area contributed by atoms with Crippen molar-refractivity contribution in [3.8, 4) is 0 Å². The predicted molar refractivity (Wildman–Crippen MR) is 63.0 cm³/mol. The topological polar surface area (TPSA) is 75.6 Å². The lowest BCUT2D eigenvalue weighted by Gasteiger charge is -2.25. The number of rotatable bonds is 6. The van der Waals surface area contributed by atoms with Crippen LogP contribution in [0.4, 0.5) is 13.2 Å². The third-order valence-corrected chi connectivity index (χ3v) is 3.21. The molecule has 0 aromatic heterocycles. The number of aliphatic carboxylic acids is 1. The largest absolute Gasteiger partial charge is 0.481 e. The summed E-state index contributed by atoms with van der Waals surface area (Å²) in [5.74, 6) is -2.11. The number of alkyl halides is 3. The predicted octanol–water partition coefficient (Wildman–Crippen LogP) is 1.57. The van der Waals surface area contributed by atoms with Crippen LogP contribution < -0.4 is 5.32 Å². The van der Waals surface area contributed by atoms with Gasteiger partial charge in [-0.3, -0.25) is 9.59 Å². The monoisotopic (exact) mass is 297 g/mol. The molecule has 1 saturated carbocycles. The molecule has 1 fully saturated rings. The van der Waals surface area contributed by atoms with Gasteiger partial charge >= 0.3 is 12.1 Å². The quantitative estimate of drug-likeness (QED) is 0.730. The van der Waals surface area contributed by atoms with Crippen molar-refractivity contribution in [2.24, 2.45) is 11.8 Å². The van der Waals surface area contributed by atoms with E-state index >= 15 is 0 Å². The molecule has 0 heterocycles. The first-order valence-corrected chi connectivity index (χ1v) is 6.44. The van der Waals surface area contributed by atoms with E-state index in [1.807, 2.05) is 0 Å². The van der Waals surface area contributed by atoms with Crippen molar-refractivity contribution >= 4 is 11.9 Å². The average molecular weight is 297 g/mol. The Kier molecular flexibility index (Phi) is 6.25. The zero-order valence-electron chi connectivity index (χ0n) is 10.9. The molecule has 20 heavy (non-hydrogen) atoms. The SMILES string of the molecule is O=C(O)[C@H]1CCC[C@@H](C(=O)NCCOCC(F)(F)F)C1. The second-order valence-corrected chi connectivity index (χ2v) is 4.86. The molecule has 2 atom stereocenters. The van der Waals surface area contributed by atoms with Gasteiger partial charge in [0.2, 0.25) is 5.91 Å². The molecule has 0 spiro atoms. The van der Waals surface area contributed by atoms with Crippen molar-refractivity contribution in [2.75, 3.05) is 19.8 Å². The normalized spacial score (nSPS) is 23.4. The smallest absolute Gasteiger partial charge is 0.411 e. The van der Waals surface area contributed by atoms with Gasteiger partial charge in [0.1, 0.15) is 6.61 Å². The Bertz CT molecular complexity index is 346. The van der Waals surface area contributed by atoms with Gasteiger partial charge < -0.3 is 15.2 Å². The Morgan fingerprint density at radius 1 is 1.25 bits per heavy atom. The maximum atomic E-state index is 11.8. The van der Waals surface area contributed by atoms with Crippen LogP contribution in [0.1, 0.15) is 25.7 Å². The first-order valence-electron chi connectivity index (χ1n) is 6.44. The van der Waals surface area contributed by atoms with Crippen LogP contribution in [0.2, 0.25) is 0 Å². The van der Waals surface area contributed by atoms with E-state index in [0.717, 1.165) is 0 Å². The minimum Gasteiger partial charge on any atom is -0.481 e. The third-order valence-electron chi connectivity index (χ3n) is 3.21. The first kappa shape index (κ1) is 16.7. The molecule has 0 aromatic carbocycles. The second kappa shape index (κ2) is 7.47. The highest BCUT2D eigenvalue weighted by Crippen LogP contribution is 2.29. The number of hydrogen-bond acceptors (Lipinski definition) is 3. The molecule has 8 heteroatoms. The van der Waals surface area contributed by atoms with Crippen molar-refractivity contribution < 1.29 is 32.6 Å². The molecule has 0 unspecified atom stereocenters. The van der Waals surface area contributed by atoms with Gasteiger partial charge in [0.15, 0.2) is 0 Å². The number of amides is 1. The zero-order valence-corrected chi connectivity index (χ0v) is 10.9. The van der Waals surface area contributed by atoms with E-state index in [0.29, 0.717) is 19.3 Å². The summed E-state index contributed by atoms with van der Waals surface area (Å²) < 4.78 is 39.7. The number of ether oxygens (including phenoxy) is 1. The summed E-state index contributed by atoms with van der Waals surface area (Å²) >= 11 is 0. The maximum Gasteiger partial charge on any atom is 0.411 e. The average Bonchev–Trinajstić information content (AvgIpc) is 2.37. The minimum atomic E-state index is -4.37. The van der Waals surface area contributed by atoms with Gasteiger partial charge in [-0.1, -0.05) is 6.42 Å². The zero-order chi connectivity index (χ0) is 15.2. The van der Waals surface area contributed by atoms with Crippen molar-refractivity contribution in [3.05, 3.63) is 0 Å². The molecule has 1 aliphatic rings. The molecule has 1 aliphatic carbocycles. The molecule has 1 rings (SSSR count). The number of carbonyl (C=O) groups is 2. The molecule has 0 aliphatic heterocycles. The fourth-order valence-corrected chi connectivity index (χ4v) is 2.23. The van der Waals surface area contributed by atoms with Crippen LogP contribution in [0.25, 0.3) is 0 Å². The van der Waals surface area contributed by atoms with Crippen LogP contribution in [0.15, 0.2) is 0 Å². The van der Waals surface area contributed by atoms with Gasteiger partial charge in [-0.05, 0) is 19.3 Å². The van der Waals surface area contributed by atoms with Gasteiger partial charge in [-0.2, -0.15) is 13.2 Å². The molecular formula is C12H18F3NO4. The molecule has 2 N–H and O–H groups in total. The Balaban J connectivity index is 2.20.